The van der Waals surface area contributed by atoms with Gasteiger partial charge in [-0.25, -0.2) is 0 Å². The fraction of sp³-hybridized carbons (Fsp3) is 0.611. The van der Waals surface area contributed by atoms with Crippen molar-refractivity contribution in [1.82, 2.24) is 10.2 Å². The molecule has 0 spiro atoms. The Morgan fingerprint density at radius 2 is 1.95 bits per heavy atom. The molecule has 1 saturated heterocycles. The summed E-state index contributed by atoms with van der Waals surface area (Å²) in [6.07, 6.45) is 5.85. The maximum atomic E-state index is 12.7. The number of hydrogen-bond acceptors (Lipinski definition) is 2. The Balaban J connectivity index is 1.77. The molecular weight excluding hydrogens is 260 g/mol. The highest BCUT2D eigenvalue weighted by Gasteiger charge is 2.41. The van der Waals surface area contributed by atoms with Gasteiger partial charge in [-0.3, -0.25) is 10.1 Å². The number of nitrogens with one attached hydrogen (secondary N) is 1. The Bertz CT molecular complexity index is 492. The van der Waals surface area contributed by atoms with E-state index in [1.54, 1.807) is 0 Å². The van der Waals surface area contributed by atoms with Crippen LogP contribution in [0.4, 0.5) is 0 Å². The molecule has 1 heterocycles. The topological polar surface area (TPSA) is 32.3 Å². The van der Waals surface area contributed by atoms with Crippen molar-refractivity contribution in [3.63, 3.8) is 0 Å². The van der Waals surface area contributed by atoms with Gasteiger partial charge in [0.2, 0.25) is 5.91 Å². The first-order valence-corrected chi connectivity index (χ1v) is 8.32. The minimum absolute atomic E-state index is 0.00926. The van der Waals surface area contributed by atoms with Gasteiger partial charge in [-0.1, -0.05) is 49.6 Å². The fourth-order valence-corrected chi connectivity index (χ4v) is 3.09. The Hall–Kier alpha value is -1.35. The van der Waals surface area contributed by atoms with Gasteiger partial charge in [-0.15, -0.1) is 0 Å². The molecular formula is C18H26N2O. The summed E-state index contributed by atoms with van der Waals surface area (Å²) in [6.45, 7) is 5.20. The van der Waals surface area contributed by atoms with E-state index < -0.39 is 0 Å². The van der Waals surface area contributed by atoms with Gasteiger partial charge in [0.15, 0.2) is 0 Å². The number of nitrogens with zero attached hydrogens (tertiary/aromatic N) is 1. The normalized spacial score (nSPS) is 25.6. The van der Waals surface area contributed by atoms with Crippen molar-refractivity contribution in [1.29, 1.82) is 0 Å². The van der Waals surface area contributed by atoms with E-state index in [4.69, 9.17) is 0 Å². The molecule has 3 rings (SSSR count). The van der Waals surface area contributed by atoms with E-state index in [2.05, 4.69) is 48.3 Å². The van der Waals surface area contributed by atoms with E-state index in [1.165, 1.54) is 24.0 Å². The summed E-state index contributed by atoms with van der Waals surface area (Å²) in [4.78, 5) is 14.8. The van der Waals surface area contributed by atoms with Crippen molar-refractivity contribution in [2.24, 2.45) is 5.92 Å². The zero-order chi connectivity index (χ0) is 14.8. The van der Waals surface area contributed by atoms with Crippen LogP contribution in [0.5, 0.6) is 0 Å². The molecule has 1 aromatic rings. The highest BCUT2D eigenvalue weighted by molar-refractivity contribution is 5.84. The Kier molecular flexibility index (Phi) is 4.29. The maximum Gasteiger partial charge on any atom is 0.241 e. The van der Waals surface area contributed by atoms with Gasteiger partial charge in [-0.05, 0) is 37.7 Å². The van der Waals surface area contributed by atoms with Crippen LogP contribution in [0.1, 0.15) is 56.3 Å². The van der Waals surface area contributed by atoms with Crippen LogP contribution in [0.2, 0.25) is 0 Å². The molecule has 1 aliphatic carbocycles. The maximum absolute atomic E-state index is 12.7. The van der Waals surface area contributed by atoms with Crippen LogP contribution >= 0.6 is 0 Å². The van der Waals surface area contributed by atoms with Crippen LogP contribution in [0, 0.1) is 12.8 Å². The minimum atomic E-state index is 0.00926. The monoisotopic (exact) mass is 286 g/mol. The second-order valence-corrected chi connectivity index (χ2v) is 6.61. The van der Waals surface area contributed by atoms with Crippen molar-refractivity contribution >= 4 is 5.91 Å². The second kappa shape index (κ2) is 6.18. The van der Waals surface area contributed by atoms with Crippen molar-refractivity contribution < 1.29 is 4.79 Å². The van der Waals surface area contributed by atoms with Gasteiger partial charge in [0, 0.05) is 6.54 Å². The third-order valence-electron chi connectivity index (χ3n) is 4.64. The summed E-state index contributed by atoms with van der Waals surface area (Å²) in [5, 5.41) is 3.57. The van der Waals surface area contributed by atoms with Gasteiger partial charge < -0.3 is 4.90 Å². The standard InChI is InChI=1S/C18H26N2O/c1-3-4-5-16-18(21)20(12-14-8-9-14)17(19-16)15-10-6-13(2)7-11-15/h6-7,10-11,14,16-17,19H,3-5,8-9,12H2,1-2H3. The van der Waals surface area contributed by atoms with Crippen molar-refractivity contribution in [2.75, 3.05) is 6.54 Å². The van der Waals surface area contributed by atoms with E-state index in [0.717, 1.165) is 31.7 Å². The average Bonchev–Trinajstić information content (AvgIpc) is 3.25. The third kappa shape index (κ3) is 3.29. The Morgan fingerprint density at radius 1 is 1.24 bits per heavy atom. The van der Waals surface area contributed by atoms with Crippen LogP contribution < -0.4 is 5.32 Å². The number of carbonyl (C=O) groups is 1. The summed E-state index contributed by atoms with van der Waals surface area (Å²) in [6, 6.07) is 8.59. The zero-order valence-corrected chi connectivity index (χ0v) is 13.1. The van der Waals surface area contributed by atoms with Gasteiger partial charge in [0.1, 0.15) is 6.17 Å². The molecule has 1 amide bonds. The smallest absolute Gasteiger partial charge is 0.241 e. The lowest BCUT2D eigenvalue weighted by Gasteiger charge is -2.24. The Labute approximate surface area is 127 Å². The number of aryl methyl sites for hydroxylation is 1. The number of carbonyl (C=O) groups excluding carboxylic acids is 1. The molecule has 2 atom stereocenters. The first kappa shape index (κ1) is 14.6. The van der Waals surface area contributed by atoms with Crippen molar-refractivity contribution in [3.8, 4) is 0 Å². The number of benzene rings is 1. The predicted octanol–water partition coefficient (Wildman–Crippen LogP) is 3.39. The molecule has 1 saturated carbocycles. The SMILES string of the molecule is CCCCC1NC(c2ccc(C)cc2)N(CC2CC2)C1=O. The molecule has 21 heavy (non-hydrogen) atoms. The highest BCUT2D eigenvalue weighted by atomic mass is 16.2. The quantitative estimate of drug-likeness (QED) is 0.869. The predicted molar refractivity (Wildman–Crippen MR) is 84.8 cm³/mol. The number of amides is 1. The molecule has 1 aromatic carbocycles. The lowest BCUT2D eigenvalue weighted by molar-refractivity contribution is -0.130. The molecule has 0 bridgehead atoms. The summed E-state index contributed by atoms with van der Waals surface area (Å²) >= 11 is 0. The lowest BCUT2D eigenvalue weighted by atomic mass is 10.1. The summed E-state index contributed by atoms with van der Waals surface area (Å²) in [7, 11) is 0. The van der Waals surface area contributed by atoms with Crippen molar-refractivity contribution in [2.45, 2.75) is 58.2 Å². The van der Waals surface area contributed by atoms with Crippen LogP contribution in [-0.4, -0.2) is 23.4 Å². The van der Waals surface area contributed by atoms with E-state index in [-0.39, 0.29) is 12.2 Å². The number of hydrogen-bond donors (Lipinski definition) is 1. The van der Waals surface area contributed by atoms with Gasteiger partial charge >= 0.3 is 0 Å². The van der Waals surface area contributed by atoms with Gasteiger partial charge in [0.05, 0.1) is 6.04 Å². The first-order chi connectivity index (χ1) is 10.2. The van der Waals surface area contributed by atoms with Gasteiger partial charge in [-0.2, -0.15) is 0 Å². The third-order valence-corrected chi connectivity index (χ3v) is 4.64. The summed E-state index contributed by atoms with van der Waals surface area (Å²) in [5.74, 6) is 1.04. The van der Waals surface area contributed by atoms with Crippen LogP contribution in [0.15, 0.2) is 24.3 Å². The molecule has 2 fully saturated rings. The van der Waals surface area contributed by atoms with Crippen molar-refractivity contribution in [3.05, 3.63) is 35.4 Å². The molecule has 114 valence electrons. The largest absolute Gasteiger partial charge is 0.321 e. The van der Waals surface area contributed by atoms with E-state index >= 15 is 0 Å². The van der Waals surface area contributed by atoms with Crippen LogP contribution in [0.3, 0.4) is 0 Å². The molecule has 2 aliphatic rings. The molecule has 3 heteroatoms. The number of rotatable bonds is 6. The van der Waals surface area contributed by atoms with Crippen LogP contribution in [-0.2, 0) is 4.79 Å². The van der Waals surface area contributed by atoms with Crippen LogP contribution in [0.25, 0.3) is 0 Å². The molecule has 3 nitrogen and oxygen atoms in total. The fourth-order valence-electron chi connectivity index (χ4n) is 3.09. The van der Waals surface area contributed by atoms with E-state index in [1.807, 2.05) is 0 Å². The lowest BCUT2D eigenvalue weighted by Crippen LogP contribution is -2.32. The molecule has 0 aromatic heterocycles. The molecule has 2 unspecified atom stereocenters. The van der Waals surface area contributed by atoms with E-state index in [0.29, 0.717) is 5.91 Å². The highest BCUT2D eigenvalue weighted by Crippen LogP contribution is 2.35. The summed E-state index contributed by atoms with van der Waals surface area (Å²) in [5.41, 5.74) is 2.48. The molecule has 1 N–H and O–H groups in total. The zero-order valence-electron chi connectivity index (χ0n) is 13.1. The average molecular weight is 286 g/mol. The number of unbranched alkanes of at least 4 members (excludes halogenated alkanes) is 1. The first-order valence-electron chi connectivity index (χ1n) is 8.32. The second-order valence-electron chi connectivity index (χ2n) is 6.61. The van der Waals surface area contributed by atoms with Gasteiger partial charge in [0.25, 0.3) is 0 Å². The summed E-state index contributed by atoms with van der Waals surface area (Å²) < 4.78 is 0. The molecule has 0 radical (unpaired) electrons. The molecule has 1 aliphatic heterocycles. The van der Waals surface area contributed by atoms with E-state index in [9.17, 15) is 4.79 Å². The minimum Gasteiger partial charge on any atom is -0.321 e. The Morgan fingerprint density at radius 3 is 2.57 bits per heavy atom.